The predicted octanol–water partition coefficient (Wildman–Crippen LogP) is 1.24. The van der Waals surface area contributed by atoms with Gasteiger partial charge in [0.05, 0.1) is 0 Å². The van der Waals surface area contributed by atoms with Gasteiger partial charge in [-0.15, -0.1) is 0 Å². The molecule has 1 heterocycles. The quantitative estimate of drug-likeness (QED) is 0.890. The maximum atomic E-state index is 12.3. The van der Waals surface area contributed by atoms with Gasteiger partial charge in [-0.25, -0.2) is 0 Å². The van der Waals surface area contributed by atoms with Gasteiger partial charge in [0.2, 0.25) is 5.91 Å². The first-order chi connectivity index (χ1) is 9.08. The number of carbonyl (C=O) groups is 1. The number of likely N-dealkylation sites (N-methyl/N-ethyl adjacent to an activating group) is 1. The second-order valence-electron chi connectivity index (χ2n) is 5.42. The Morgan fingerprint density at radius 3 is 2.68 bits per heavy atom. The molecule has 2 rings (SSSR count). The van der Waals surface area contributed by atoms with E-state index in [9.17, 15) is 4.79 Å². The summed E-state index contributed by atoms with van der Waals surface area (Å²) in [6.45, 7) is 4.78. The van der Waals surface area contributed by atoms with E-state index < -0.39 is 0 Å². The topological polar surface area (TPSA) is 49.6 Å². The van der Waals surface area contributed by atoms with Crippen molar-refractivity contribution >= 4 is 5.91 Å². The summed E-state index contributed by atoms with van der Waals surface area (Å²) in [4.78, 5) is 16.5. The van der Waals surface area contributed by atoms with E-state index in [2.05, 4.69) is 18.9 Å². The number of carbonyl (C=O) groups excluding carboxylic acids is 1. The molecule has 1 saturated heterocycles. The number of hydrogen-bond acceptors (Lipinski definition) is 3. The lowest BCUT2D eigenvalue weighted by Gasteiger charge is -2.38. The molecule has 0 saturated carbocycles. The van der Waals surface area contributed by atoms with E-state index in [0.717, 1.165) is 25.2 Å². The van der Waals surface area contributed by atoms with Gasteiger partial charge < -0.3 is 15.5 Å². The summed E-state index contributed by atoms with van der Waals surface area (Å²) in [5, 5.41) is 0. The van der Waals surface area contributed by atoms with Crippen molar-refractivity contribution in [2.24, 2.45) is 5.73 Å². The number of piperazine rings is 1. The standard InChI is InChI=1S/C15H23N3O/c1-12-11-17(2)8-9-18(12)15(19)10-14(16)13-6-4-3-5-7-13/h3-7,12,14H,8-11,16H2,1-2H3. The highest BCUT2D eigenvalue weighted by molar-refractivity contribution is 5.77. The van der Waals surface area contributed by atoms with Crippen LogP contribution in [0.3, 0.4) is 0 Å². The molecule has 4 nitrogen and oxygen atoms in total. The first-order valence-corrected chi connectivity index (χ1v) is 6.86. The Balaban J connectivity index is 1.94. The molecule has 4 heteroatoms. The van der Waals surface area contributed by atoms with Gasteiger partial charge >= 0.3 is 0 Å². The second-order valence-corrected chi connectivity index (χ2v) is 5.42. The van der Waals surface area contributed by atoms with Crippen LogP contribution in [0.25, 0.3) is 0 Å². The molecular weight excluding hydrogens is 238 g/mol. The van der Waals surface area contributed by atoms with Crippen molar-refractivity contribution in [3.63, 3.8) is 0 Å². The third-order valence-electron chi connectivity index (χ3n) is 3.77. The summed E-state index contributed by atoms with van der Waals surface area (Å²) in [7, 11) is 2.09. The van der Waals surface area contributed by atoms with Crippen molar-refractivity contribution in [2.45, 2.75) is 25.4 Å². The van der Waals surface area contributed by atoms with Crippen LogP contribution in [0.1, 0.15) is 24.9 Å². The Morgan fingerprint density at radius 1 is 1.37 bits per heavy atom. The molecule has 1 aliphatic rings. The van der Waals surface area contributed by atoms with Gasteiger partial charge in [0, 0.05) is 38.1 Å². The maximum Gasteiger partial charge on any atom is 0.224 e. The number of nitrogens with zero attached hydrogens (tertiary/aromatic N) is 2. The molecule has 1 amide bonds. The Labute approximate surface area is 115 Å². The molecule has 0 bridgehead atoms. The summed E-state index contributed by atoms with van der Waals surface area (Å²) in [6.07, 6.45) is 0.387. The zero-order valence-electron chi connectivity index (χ0n) is 11.7. The fourth-order valence-corrected chi connectivity index (χ4v) is 2.63. The van der Waals surface area contributed by atoms with E-state index in [1.54, 1.807) is 0 Å². The minimum Gasteiger partial charge on any atom is -0.337 e. The molecule has 1 fully saturated rings. The number of amides is 1. The molecule has 2 N–H and O–H groups in total. The van der Waals surface area contributed by atoms with E-state index >= 15 is 0 Å². The average molecular weight is 261 g/mol. The first kappa shape index (κ1) is 14.0. The molecule has 1 aliphatic heterocycles. The molecule has 0 spiro atoms. The summed E-state index contributed by atoms with van der Waals surface area (Å²) in [5.74, 6) is 0.164. The Kier molecular flexibility index (Phi) is 4.56. The van der Waals surface area contributed by atoms with Gasteiger partial charge in [-0.1, -0.05) is 30.3 Å². The lowest BCUT2D eigenvalue weighted by atomic mass is 10.0. The number of benzene rings is 1. The Bertz CT molecular complexity index is 421. The monoisotopic (exact) mass is 261 g/mol. The van der Waals surface area contributed by atoms with E-state index in [1.165, 1.54) is 0 Å². The van der Waals surface area contributed by atoms with Crippen LogP contribution in [-0.2, 0) is 4.79 Å². The number of rotatable bonds is 3. The van der Waals surface area contributed by atoms with E-state index in [1.807, 2.05) is 35.2 Å². The van der Waals surface area contributed by atoms with E-state index in [0.29, 0.717) is 6.42 Å². The summed E-state index contributed by atoms with van der Waals surface area (Å²) >= 11 is 0. The third-order valence-corrected chi connectivity index (χ3v) is 3.77. The molecule has 19 heavy (non-hydrogen) atoms. The minimum atomic E-state index is -0.208. The predicted molar refractivity (Wildman–Crippen MR) is 76.7 cm³/mol. The summed E-state index contributed by atoms with van der Waals surface area (Å²) < 4.78 is 0. The molecule has 2 unspecified atom stereocenters. The first-order valence-electron chi connectivity index (χ1n) is 6.86. The lowest BCUT2D eigenvalue weighted by Crippen LogP contribution is -2.53. The third kappa shape index (κ3) is 3.55. The normalized spacial score (nSPS) is 22.3. The SMILES string of the molecule is CC1CN(C)CCN1C(=O)CC(N)c1ccccc1. The van der Waals surface area contributed by atoms with Crippen LogP contribution in [0.4, 0.5) is 0 Å². The van der Waals surface area contributed by atoms with Crippen LogP contribution < -0.4 is 5.73 Å². The Hall–Kier alpha value is -1.39. The molecule has 0 aromatic heterocycles. The van der Waals surface area contributed by atoms with Gasteiger partial charge in [-0.2, -0.15) is 0 Å². The van der Waals surface area contributed by atoms with Crippen molar-refractivity contribution in [3.05, 3.63) is 35.9 Å². The van der Waals surface area contributed by atoms with Crippen LogP contribution in [0.15, 0.2) is 30.3 Å². The van der Waals surface area contributed by atoms with Crippen molar-refractivity contribution in [3.8, 4) is 0 Å². The number of nitrogens with two attached hydrogens (primary N) is 1. The van der Waals surface area contributed by atoms with E-state index in [4.69, 9.17) is 5.73 Å². The van der Waals surface area contributed by atoms with E-state index in [-0.39, 0.29) is 18.0 Å². The lowest BCUT2D eigenvalue weighted by molar-refractivity contribution is -0.135. The van der Waals surface area contributed by atoms with Crippen molar-refractivity contribution in [2.75, 3.05) is 26.7 Å². The number of hydrogen-bond donors (Lipinski definition) is 1. The van der Waals surface area contributed by atoms with Crippen molar-refractivity contribution < 1.29 is 4.79 Å². The summed E-state index contributed by atoms with van der Waals surface area (Å²) in [6, 6.07) is 9.89. The maximum absolute atomic E-state index is 12.3. The van der Waals surface area contributed by atoms with Crippen LogP contribution >= 0.6 is 0 Å². The average Bonchev–Trinajstić information content (AvgIpc) is 2.39. The zero-order chi connectivity index (χ0) is 13.8. The second kappa shape index (κ2) is 6.17. The van der Waals surface area contributed by atoms with Crippen molar-refractivity contribution in [1.82, 2.24) is 9.80 Å². The highest BCUT2D eigenvalue weighted by Gasteiger charge is 2.26. The van der Waals surface area contributed by atoms with Gasteiger partial charge in [-0.3, -0.25) is 4.79 Å². The smallest absolute Gasteiger partial charge is 0.224 e. The van der Waals surface area contributed by atoms with Crippen LogP contribution in [0.5, 0.6) is 0 Å². The molecule has 104 valence electrons. The highest BCUT2D eigenvalue weighted by atomic mass is 16.2. The molecule has 0 aliphatic carbocycles. The van der Waals surface area contributed by atoms with Gasteiger partial charge in [0.25, 0.3) is 0 Å². The molecule has 1 aromatic rings. The molecular formula is C15H23N3O. The molecule has 0 radical (unpaired) electrons. The molecule has 1 aromatic carbocycles. The fraction of sp³-hybridized carbons (Fsp3) is 0.533. The highest BCUT2D eigenvalue weighted by Crippen LogP contribution is 2.17. The van der Waals surface area contributed by atoms with Gasteiger partial charge in [0.1, 0.15) is 0 Å². The Morgan fingerprint density at radius 2 is 2.05 bits per heavy atom. The minimum absolute atomic E-state index is 0.164. The van der Waals surface area contributed by atoms with Crippen LogP contribution in [0, 0.1) is 0 Å². The summed E-state index contributed by atoms with van der Waals surface area (Å²) in [5.41, 5.74) is 7.14. The van der Waals surface area contributed by atoms with Crippen molar-refractivity contribution in [1.29, 1.82) is 0 Å². The van der Waals surface area contributed by atoms with Crippen LogP contribution in [0.2, 0.25) is 0 Å². The largest absolute Gasteiger partial charge is 0.337 e. The fourth-order valence-electron chi connectivity index (χ4n) is 2.63. The molecule has 2 atom stereocenters. The van der Waals surface area contributed by atoms with Gasteiger partial charge in [0.15, 0.2) is 0 Å². The van der Waals surface area contributed by atoms with Gasteiger partial charge in [-0.05, 0) is 19.5 Å². The zero-order valence-corrected chi connectivity index (χ0v) is 11.7. The van der Waals surface area contributed by atoms with Crippen LogP contribution in [-0.4, -0.2) is 48.4 Å².